The van der Waals surface area contributed by atoms with Gasteiger partial charge in [-0.15, -0.1) is 0 Å². The van der Waals surface area contributed by atoms with Crippen LogP contribution in [-0.4, -0.2) is 40.6 Å². The Balaban J connectivity index is 1.60. The van der Waals surface area contributed by atoms with Crippen LogP contribution in [0.4, 0.5) is 5.95 Å². The van der Waals surface area contributed by atoms with Gasteiger partial charge in [-0.2, -0.15) is 0 Å². The summed E-state index contributed by atoms with van der Waals surface area (Å²) in [5.41, 5.74) is 1.13. The lowest BCUT2D eigenvalue weighted by Crippen LogP contribution is -2.46. The summed E-state index contributed by atoms with van der Waals surface area (Å²) < 4.78 is 2.19. The Hall–Kier alpha value is -1.23. The number of imidazole rings is 1. The molecule has 0 radical (unpaired) electrons. The second-order valence-corrected chi connectivity index (χ2v) is 6.36. The van der Waals surface area contributed by atoms with E-state index in [1.807, 2.05) is 30.6 Å². The summed E-state index contributed by atoms with van der Waals surface area (Å²) in [6, 6.07) is 5.73. The van der Waals surface area contributed by atoms with Crippen molar-refractivity contribution < 1.29 is 0 Å². The number of halogens is 2. The average Bonchev–Trinajstić information content (AvgIpc) is 2.99. The molecule has 1 aliphatic rings. The molecule has 22 heavy (non-hydrogen) atoms. The van der Waals surface area contributed by atoms with Gasteiger partial charge in [-0.25, -0.2) is 4.98 Å². The fraction of sp³-hybridized carbons (Fsp3) is 0.438. The molecule has 1 fully saturated rings. The number of rotatable bonds is 4. The molecule has 118 valence electrons. The Morgan fingerprint density at radius 2 is 1.91 bits per heavy atom. The molecule has 6 heteroatoms. The highest BCUT2D eigenvalue weighted by Gasteiger charge is 2.20. The van der Waals surface area contributed by atoms with Gasteiger partial charge in [0.15, 0.2) is 0 Å². The number of aryl methyl sites for hydroxylation is 1. The molecule has 0 amide bonds. The van der Waals surface area contributed by atoms with E-state index < -0.39 is 0 Å². The SMILES string of the molecule is CCn1ccnc1N1CCN(Cc2ccc(Cl)cc2Cl)CC1. The van der Waals surface area contributed by atoms with E-state index in [9.17, 15) is 0 Å². The highest BCUT2D eigenvalue weighted by Crippen LogP contribution is 2.23. The van der Waals surface area contributed by atoms with Crippen molar-refractivity contribution in [2.75, 3.05) is 31.1 Å². The summed E-state index contributed by atoms with van der Waals surface area (Å²) >= 11 is 12.2. The van der Waals surface area contributed by atoms with Crippen molar-refractivity contribution in [1.29, 1.82) is 0 Å². The van der Waals surface area contributed by atoms with Gasteiger partial charge < -0.3 is 9.47 Å². The topological polar surface area (TPSA) is 24.3 Å². The standard InChI is InChI=1S/C16H20Cl2N4/c1-2-21-6-5-19-16(21)22-9-7-20(8-10-22)12-13-3-4-14(17)11-15(13)18/h3-6,11H,2,7-10,12H2,1H3. The number of piperazine rings is 1. The Kier molecular flexibility index (Phi) is 4.91. The van der Waals surface area contributed by atoms with Gasteiger partial charge in [-0.05, 0) is 24.6 Å². The van der Waals surface area contributed by atoms with Crippen molar-refractivity contribution in [3.05, 3.63) is 46.2 Å². The first kappa shape index (κ1) is 15.7. The second kappa shape index (κ2) is 6.90. The molecule has 2 heterocycles. The third-order valence-electron chi connectivity index (χ3n) is 4.10. The molecule has 0 aliphatic carbocycles. The summed E-state index contributed by atoms with van der Waals surface area (Å²) in [5.74, 6) is 1.08. The van der Waals surface area contributed by atoms with Crippen molar-refractivity contribution in [3.63, 3.8) is 0 Å². The van der Waals surface area contributed by atoms with Crippen LogP contribution in [0.3, 0.4) is 0 Å². The molecule has 0 atom stereocenters. The predicted octanol–water partition coefficient (Wildman–Crippen LogP) is 3.53. The third kappa shape index (κ3) is 3.40. The van der Waals surface area contributed by atoms with E-state index in [0.29, 0.717) is 5.02 Å². The van der Waals surface area contributed by atoms with Gasteiger partial charge in [0.1, 0.15) is 0 Å². The van der Waals surface area contributed by atoms with Crippen molar-refractivity contribution in [1.82, 2.24) is 14.5 Å². The second-order valence-electron chi connectivity index (χ2n) is 5.51. The van der Waals surface area contributed by atoms with E-state index >= 15 is 0 Å². The van der Waals surface area contributed by atoms with E-state index in [2.05, 4.69) is 26.3 Å². The maximum Gasteiger partial charge on any atom is 0.205 e. The monoisotopic (exact) mass is 338 g/mol. The molecule has 0 unspecified atom stereocenters. The lowest BCUT2D eigenvalue weighted by molar-refractivity contribution is 0.248. The number of anilines is 1. The molecule has 0 N–H and O–H groups in total. The highest BCUT2D eigenvalue weighted by atomic mass is 35.5. The van der Waals surface area contributed by atoms with Gasteiger partial charge in [0.05, 0.1) is 0 Å². The Bertz CT molecular complexity index is 633. The molecular formula is C16H20Cl2N4. The molecule has 1 aliphatic heterocycles. The molecule has 4 nitrogen and oxygen atoms in total. The van der Waals surface area contributed by atoms with Crippen LogP contribution in [-0.2, 0) is 13.1 Å². The van der Waals surface area contributed by atoms with Gasteiger partial charge in [0, 0.05) is 61.7 Å². The zero-order chi connectivity index (χ0) is 15.5. The fourth-order valence-electron chi connectivity index (χ4n) is 2.83. The van der Waals surface area contributed by atoms with Gasteiger partial charge in [0.25, 0.3) is 0 Å². The lowest BCUT2D eigenvalue weighted by Gasteiger charge is -2.35. The van der Waals surface area contributed by atoms with Gasteiger partial charge in [0.2, 0.25) is 5.95 Å². The number of hydrogen-bond donors (Lipinski definition) is 0. The van der Waals surface area contributed by atoms with Crippen molar-refractivity contribution in [2.45, 2.75) is 20.0 Å². The van der Waals surface area contributed by atoms with Gasteiger partial charge in [-0.3, -0.25) is 4.90 Å². The van der Waals surface area contributed by atoms with Crippen LogP contribution in [0.1, 0.15) is 12.5 Å². The van der Waals surface area contributed by atoms with Crippen LogP contribution in [0.5, 0.6) is 0 Å². The van der Waals surface area contributed by atoms with Gasteiger partial charge in [-0.1, -0.05) is 29.3 Å². The fourth-order valence-corrected chi connectivity index (χ4v) is 3.30. The highest BCUT2D eigenvalue weighted by molar-refractivity contribution is 6.35. The number of nitrogens with zero attached hydrogens (tertiary/aromatic N) is 4. The molecule has 1 aromatic heterocycles. The van der Waals surface area contributed by atoms with Crippen LogP contribution in [0.2, 0.25) is 10.0 Å². The zero-order valence-electron chi connectivity index (χ0n) is 12.7. The van der Waals surface area contributed by atoms with Gasteiger partial charge >= 0.3 is 0 Å². The first-order valence-corrected chi connectivity index (χ1v) is 8.35. The normalized spacial score (nSPS) is 16.2. The lowest BCUT2D eigenvalue weighted by atomic mass is 10.2. The first-order valence-electron chi connectivity index (χ1n) is 7.59. The minimum absolute atomic E-state index is 0.685. The summed E-state index contributed by atoms with van der Waals surface area (Å²) in [5, 5.41) is 1.43. The summed E-state index contributed by atoms with van der Waals surface area (Å²) in [6.45, 7) is 7.96. The average molecular weight is 339 g/mol. The first-order chi connectivity index (χ1) is 10.7. The van der Waals surface area contributed by atoms with Crippen LogP contribution in [0, 0.1) is 0 Å². The summed E-state index contributed by atoms with van der Waals surface area (Å²) in [4.78, 5) is 9.25. The molecule has 0 bridgehead atoms. The van der Waals surface area contributed by atoms with E-state index in [1.165, 1.54) is 0 Å². The third-order valence-corrected chi connectivity index (χ3v) is 4.69. The van der Waals surface area contributed by atoms with E-state index in [1.54, 1.807) is 0 Å². The molecule has 0 spiro atoms. The zero-order valence-corrected chi connectivity index (χ0v) is 14.2. The number of benzene rings is 1. The molecule has 1 saturated heterocycles. The summed E-state index contributed by atoms with van der Waals surface area (Å²) in [6.07, 6.45) is 3.91. The van der Waals surface area contributed by atoms with Crippen LogP contribution < -0.4 is 4.90 Å². The molecule has 2 aromatic rings. The van der Waals surface area contributed by atoms with Crippen molar-refractivity contribution in [2.24, 2.45) is 0 Å². The minimum atomic E-state index is 0.685. The smallest absolute Gasteiger partial charge is 0.205 e. The summed E-state index contributed by atoms with van der Waals surface area (Å²) in [7, 11) is 0. The molecule has 1 aromatic carbocycles. The van der Waals surface area contributed by atoms with E-state index in [4.69, 9.17) is 23.2 Å². The van der Waals surface area contributed by atoms with E-state index in [-0.39, 0.29) is 0 Å². The quantitative estimate of drug-likeness (QED) is 0.852. The number of aromatic nitrogens is 2. The Labute approximate surface area is 141 Å². The number of hydrogen-bond acceptors (Lipinski definition) is 3. The van der Waals surface area contributed by atoms with Crippen LogP contribution in [0.25, 0.3) is 0 Å². The Morgan fingerprint density at radius 3 is 2.59 bits per heavy atom. The van der Waals surface area contributed by atoms with Crippen molar-refractivity contribution in [3.8, 4) is 0 Å². The maximum absolute atomic E-state index is 6.26. The van der Waals surface area contributed by atoms with Crippen molar-refractivity contribution >= 4 is 29.2 Å². The largest absolute Gasteiger partial charge is 0.340 e. The van der Waals surface area contributed by atoms with E-state index in [0.717, 1.165) is 55.8 Å². The predicted molar refractivity (Wildman–Crippen MR) is 91.9 cm³/mol. The Morgan fingerprint density at radius 1 is 1.14 bits per heavy atom. The van der Waals surface area contributed by atoms with Crippen LogP contribution >= 0.6 is 23.2 Å². The van der Waals surface area contributed by atoms with Crippen LogP contribution in [0.15, 0.2) is 30.6 Å². The molecule has 3 rings (SSSR count). The minimum Gasteiger partial charge on any atom is -0.340 e. The molecular weight excluding hydrogens is 319 g/mol. The molecule has 0 saturated carbocycles. The maximum atomic E-state index is 6.26.